The van der Waals surface area contributed by atoms with Gasteiger partial charge in [-0.2, -0.15) is 4.98 Å². The van der Waals surface area contributed by atoms with Gasteiger partial charge in [0.05, 0.1) is 19.3 Å². The van der Waals surface area contributed by atoms with Crippen LogP contribution in [0, 0.1) is 6.92 Å². The lowest BCUT2D eigenvalue weighted by atomic mass is 10.2. The van der Waals surface area contributed by atoms with Gasteiger partial charge in [-0.05, 0) is 19.8 Å². The van der Waals surface area contributed by atoms with Crippen molar-refractivity contribution in [1.82, 2.24) is 15.0 Å². The summed E-state index contributed by atoms with van der Waals surface area (Å²) in [4.78, 5) is 18.4. The monoisotopic (exact) mass is 283 g/mol. The number of methoxy groups -OCH3 is 1. The maximum Gasteiger partial charge on any atom is 0.252 e. The molecule has 0 N–H and O–H groups in total. The molecule has 2 unspecified atom stereocenters. The minimum Gasteiger partial charge on any atom is -0.382 e. The smallest absolute Gasteiger partial charge is 0.252 e. The number of ether oxygens (including phenoxy) is 2. The minimum absolute atomic E-state index is 0.0361. The fourth-order valence-electron chi connectivity index (χ4n) is 2.36. The van der Waals surface area contributed by atoms with E-state index >= 15 is 0 Å². The molecule has 7 nitrogen and oxygen atoms in total. The third-order valence-electron chi connectivity index (χ3n) is 3.38. The van der Waals surface area contributed by atoms with Gasteiger partial charge in [-0.3, -0.25) is 4.79 Å². The number of amides is 1. The highest BCUT2D eigenvalue weighted by molar-refractivity contribution is 5.81. The standard InChI is InChI=1S/C13H21N3O4/c1-9(19-8-7-18-3)13(17)16-6-4-5-11(16)12-14-10(2)20-15-12/h9,11H,4-8H2,1-3H3. The molecule has 112 valence electrons. The Kier molecular flexibility index (Phi) is 5.08. The van der Waals surface area contributed by atoms with Crippen molar-refractivity contribution in [3.05, 3.63) is 11.7 Å². The molecule has 2 rings (SSSR count). The van der Waals surface area contributed by atoms with Gasteiger partial charge in [0.2, 0.25) is 5.89 Å². The Morgan fingerprint density at radius 2 is 2.35 bits per heavy atom. The Morgan fingerprint density at radius 3 is 3.00 bits per heavy atom. The van der Waals surface area contributed by atoms with E-state index < -0.39 is 6.10 Å². The van der Waals surface area contributed by atoms with Gasteiger partial charge in [0, 0.05) is 20.6 Å². The first-order valence-corrected chi connectivity index (χ1v) is 6.84. The summed E-state index contributed by atoms with van der Waals surface area (Å²) >= 11 is 0. The minimum atomic E-state index is -0.487. The molecule has 0 saturated carbocycles. The molecular weight excluding hydrogens is 262 g/mol. The molecule has 2 atom stereocenters. The summed E-state index contributed by atoms with van der Waals surface area (Å²) in [5, 5.41) is 3.92. The number of likely N-dealkylation sites (tertiary alicyclic amines) is 1. The summed E-state index contributed by atoms with van der Waals surface area (Å²) in [5.41, 5.74) is 0. The Balaban J connectivity index is 1.97. The molecule has 1 aliphatic heterocycles. The van der Waals surface area contributed by atoms with Crippen LogP contribution >= 0.6 is 0 Å². The Morgan fingerprint density at radius 1 is 1.55 bits per heavy atom. The van der Waals surface area contributed by atoms with E-state index in [9.17, 15) is 4.79 Å². The predicted octanol–water partition coefficient (Wildman–Crippen LogP) is 1.09. The van der Waals surface area contributed by atoms with Crippen LogP contribution < -0.4 is 0 Å². The zero-order valence-corrected chi connectivity index (χ0v) is 12.2. The molecular formula is C13H21N3O4. The predicted molar refractivity (Wildman–Crippen MR) is 70.0 cm³/mol. The van der Waals surface area contributed by atoms with Crippen LogP contribution in [0.4, 0.5) is 0 Å². The number of hydrogen-bond acceptors (Lipinski definition) is 6. The van der Waals surface area contributed by atoms with Crippen molar-refractivity contribution in [2.45, 2.75) is 38.8 Å². The highest BCUT2D eigenvalue weighted by Gasteiger charge is 2.35. The highest BCUT2D eigenvalue weighted by Crippen LogP contribution is 2.30. The number of aromatic nitrogens is 2. The fourth-order valence-corrected chi connectivity index (χ4v) is 2.36. The van der Waals surface area contributed by atoms with Gasteiger partial charge in [-0.1, -0.05) is 5.16 Å². The van der Waals surface area contributed by atoms with Crippen LogP contribution in [-0.2, 0) is 14.3 Å². The van der Waals surface area contributed by atoms with E-state index in [0.29, 0.717) is 31.5 Å². The molecule has 0 bridgehead atoms. The van der Waals surface area contributed by atoms with E-state index in [2.05, 4.69) is 10.1 Å². The van der Waals surface area contributed by atoms with E-state index in [1.54, 1.807) is 25.9 Å². The summed E-state index contributed by atoms with van der Waals surface area (Å²) in [7, 11) is 1.60. The van der Waals surface area contributed by atoms with E-state index in [-0.39, 0.29) is 11.9 Å². The Bertz CT molecular complexity index is 449. The van der Waals surface area contributed by atoms with Crippen LogP contribution in [0.1, 0.15) is 37.5 Å². The summed E-state index contributed by atoms with van der Waals surface area (Å²) in [6.07, 6.45) is 1.31. The number of carbonyl (C=O) groups excluding carboxylic acids is 1. The van der Waals surface area contributed by atoms with Crippen LogP contribution in [-0.4, -0.2) is 53.9 Å². The number of hydrogen-bond donors (Lipinski definition) is 0. The van der Waals surface area contributed by atoms with Crippen molar-refractivity contribution in [2.75, 3.05) is 26.9 Å². The van der Waals surface area contributed by atoms with Crippen molar-refractivity contribution in [3.63, 3.8) is 0 Å². The normalized spacial score (nSPS) is 20.4. The van der Waals surface area contributed by atoms with Gasteiger partial charge in [0.15, 0.2) is 5.82 Å². The molecule has 2 heterocycles. The zero-order chi connectivity index (χ0) is 14.5. The SMILES string of the molecule is COCCOC(C)C(=O)N1CCCC1c1noc(C)n1. The van der Waals surface area contributed by atoms with Crippen molar-refractivity contribution < 1.29 is 18.8 Å². The first-order valence-electron chi connectivity index (χ1n) is 6.84. The number of rotatable bonds is 6. The average Bonchev–Trinajstić information content (AvgIpc) is 3.06. The second-order valence-corrected chi connectivity index (χ2v) is 4.87. The van der Waals surface area contributed by atoms with Gasteiger partial charge < -0.3 is 18.9 Å². The zero-order valence-electron chi connectivity index (χ0n) is 12.2. The molecule has 0 spiro atoms. The third kappa shape index (κ3) is 3.34. The largest absolute Gasteiger partial charge is 0.382 e. The molecule has 0 radical (unpaired) electrons. The molecule has 1 aliphatic rings. The lowest BCUT2D eigenvalue weighted by Crippen LogP contribution is -2.39. The van der Waals surface area contributed by atoms with Gasteiger partial charge in [-0.15, -0.1) is 0 Å². The van der Waals surface area contributed by atoms with Gasteiger partial charge in [-0.25, -0.2) is 0 Å². The number of aryl methyl sites for hydroxylation is 1. The molecule has 1 aromatic rings. The molecule has 1 fully saturated rings. The maximum absolute atomic E-state index is 12.4. The van der Waals surface area contributed by atoms with Crippen LogP contribution in [0.2, 0.25) is 0 Å². The molecule has 20 heavy (non-hydrogen) atoms. The highest BCUT2D eigenvalue weighted by atomic mass is 16.5. The second kappa shape index (κ2) is 6.81. The van der Waals surface area contributed by atoms with Crippen LogP contribution in [0.3, 0.4) is 0 Å². The van der Waals surface area contributed by atoms with Crippen molar-refractivity contribution >= 4 is 5.91 Å². The van der Waals surface area contributed by atoms with E-state index in [1.165, 1.54) is 0 Å². The first-order chi connectivity index (χ1) is 9.63. The quantitative estimate of drug-likeness (QED) is 0.727. The summed E-state index contributed by atoms with van der Waals surface area (Å²) < 4.78 is 15.4. The Labute approximate surface area is 118 Å². The van der Waals surface area contributed by atoms with E-state index in [4.69, 9.17) is 14.0 Å². The number of carbonyl (C=O) groups is 1. The topological polar surface area (TPSA) is 77.7 Å². The fraction of sp³-hybridized carbons (Fsp3) is 0.769. The lowest BCUT2D eigenvalue weighted by molar-refractivity contribution is -0.144. The van der Waals surface area contributed by atoms with Crippen LogP contribution in [0.15, 0.2) is 4.52 Å². The van der Waals surface area contributed by atoms with Crippen LogP contribution in [0.25, 0.3) is 0 Å². The second-order valence-electron chi connectivity index (χ2n) is 4.87. The van der Waals surface area contributed by atoms with Gasteiger partial charge >= 0.3 is 0 Å². The third-order valence-corrected chi connectivity index (χ3v) is 3.38. The van der Waals surface area contributed by atoms with Crippen molar-refractivity contribution in [1.29, 1.82) is 0 Å². The van der Waals surface area contributed by atoms with Crippen LogP contribution in [0.5, 0.6) is 0 Å². The van der Waals surface area contributed by atoms with Crippen molar-refractivity contribution in [2.24, 2.45) is 0 Å². The molecule has 0 aliphatic carbocycles. The Hall–Kier alpha value is -1.47. The molecule has 1 saturated heterocycles. The molecule has 1 amide bonds. The number of nitrogens with zero attached hydrogens (tertiary/aromatic N) is 3. The molecule has 0 aromatic carbocycles. The molecule has 7 heteroatoms. The lowest BCUT2D eigenvalue weighted by Gasteiger charge is -2.25. The first kappa shape index (κ1) is 14.9. The maximum atomic E-state index is 12.4. The van der Waals surface area contributed by atoms with Gasteiger partial charge in [0.1, 0.15) is 6.10 Å². The summed E-state index contributed by atoms with van der Waals surface area (Å²) in [6, 6.07) is -0.103. The molecule has 1 aromatic heterocycles. The summed E-state index contributed by atoms with van der Waals surface area (Å²) in [6.45, 7) is 5.09. The van der Waals surface area contributed by atoms with E-state index in [1.807, 2.05) is 0 Å². The average molecular weight is 283 g/mol. The van der Waals surface area contributed by atoms with E-state index in [0.717, 1.165) is 12.8 Å². The summed E-state index contributed by atoms with van der Waals surface area (Å²) in [5.74, 6) is 1.06. The van der Waals surface area contributed by atoms with Gasteiger partial charge in [0.25, 0.3) is 5.91 Å². The van der Waals surface area contributed by atoms with Crippen molar-refractivity contribution in [3.8, 4) is 0 Å².